The van der Waals surface area contributed by atoms with E-state index in [4.69, 9.17) is 16.6 Å². The second kappa shape index (κ2) is 9.13. The number of halogens is 1. The maximum absolute atomic E-state index is 13.3. The molecule has 9 heteroatoms. The van der Waals surface area contributed by atoms with Gasteiger partial charge in [0.1, 0.15) is 16.6 Å². The van der Waals surface area contributed by atoms with Crippen LogP contribution in [0.2, 0.25) is 5.15 Å². The van der Waals surface area contributed by atoms with Gasteiger partial charge in [0, 0.05) is 24.4 Å². The Morgan fingerprint density at radius 3 is 2.75 bits per heavy atom. The van der Waals surface area contributed by atoms with E-state index in [2.05, 4.69) is 40.8 Å². The van der Waals surface area contributed by atoms with Crippen LogP contribution in [0, 0.1) is 0 Å². The molecule has 5 rings (SSSR count). The van der Waals surface area contributed by atoms with E-state index >= 15 is 0 Å². The van der Waals surface area contributed by atoms with E-state index < -0.39 is 12.0 Å². The molecule has 1 aromatic carbocycles. The monoisotopic (exact) mass is 501 g/mol. The van der Waals surface area contributed by atoms with Gasteiger partial charge in [0.25, 0.3) is 5.56 Å². The zero-order valence-corrected chi connectivity index (χ0v) is 20.5. The summed E-state index contributed by atoms with van der Waals surface area (Å²) in [5.74, 6) is -0.612. The zero-order chi connectivity index (χ0) is 25.6. The molecule has 4 aromatic rings. The predicted octanol–water partition coefficient (Wildman–Crippen LogP) is 5.34. The third-order valence-electron chi connectivity index (χ3n) is 6.54. The van der Waals surface area contributed by atoms with Crippen molar-refractivity contribution < 1.29 is 9.90 Å². The Bertz CT molecular complexity index is 1580. The van der Waals surface area contributed by atoms with Crippen LogP contribution >= 0.6 is 11.6 Å². The van der Waals surface area contributed by atoms with E-state index in [1.165, 1.54) is 21.6 Å². The summed E-state index contributed by atoms with van der Waals surface area (Å²) in [6.45, 7) is 8.47. The maximum atomic E-state index is 13.3. The van der Waals surface area contributed by atoms with Crippen LogP contribution < -0.4 is 15.8 Å². The molecule has 36 heavy (non-hydrogen) atoms. The number of rotatable bonds is 6. The Morgan fingerprint density at radius 2 is 2.03 bits per heavy atom. The molecule has 0 amide bonds. The minimum absolute atomic E-state index is 0.0697. The van der Waals surface area contributed by atoms with Crippen LogP contribution in [0.15, 0.2) is 66.1 Å². The number of nitrogens with one attached hydrogen (secondary N) is 1. The van der Waals surface area contributed by atoms with E-state index in [0.29, 0.717) is 29.3 Å². The molecule has 2 N–H and O–H groups in total. The number of aromatic nitrogens is 3. The van der Waals surface area contributed by atoms with Gasteiger partial charge in [-0.3, -0.25) is 9.20 Å². The SMILES string of the molecule is C=Cc1cc([C@@H](C)Nc2ccc(Cl)nc2C(=O)O)c2nc(N3Cc4ccccc4[C@@H]3C)cc(=O)n2c1. The van der Waals surface area contributed by atoms with Crippen LogP contribution in [0.4, 0.5) is 11.5 Å². The number of fused-ring (bicyclic) bond motifs is 2. The number of anilines is 2. The Kier molecular flexibility index (Phi) is 5.97. The molecule has 2 atom stereocenters. The summed E-state index contributed by atoms with van der Waals surface area (Å²) in [5.41, 5.74) is 4.25. The highest BCUT2D eigenvalue weighted by Gasteiger charge is 2.28. The van der Waals surface area contributed by atoms with E-state index in [1.54, 1.807) is 24.4 Å². The van der Waals surface area contributed by atoms with E-state index in [0.717, 1.165) is 5.56 Å². The molecule has 0 fully saturated rings. The van der Waals surface area contributed by atoms with Gasteiger partial charge in [0.15, 0.2) is 5.69 Å². The molecular weight excluding hydrogens is 478 g/mol. The molecule has 0 spiro atoms. The predicted molar refractivity (Wildman–Crippen MR) is 141 cm³/mol. The van der Waals surface area contributed by atoms with Gasteiger partial charge >= 0.3 is 5.97 Å². The number of nitrogens with zero attached hydrogens (tertiary/aromatic N) is 4. The molecule has 0 aliphatic carbocycles. The Labute approximate surface area is 212 Å². The van der Waals surface area contributed by atoms with Crippen molar-refractivity contribution in [2.75, 3.05) is 10.2 Å². The average Bonchev–Trinajstić information content (AvgIpc) is 3.20. The van der Waals surface area contributed by atoms with Crippen molar-refractivity contribution in [2.45, 2.75) is 32.5 Å². The molecule has 1 aliphatic rings. The van der Waals surface area contributed by atoms with Gasteiger partial charge in [-0.1, -0.05) is 48.5 Å². The minimum Gasteiger partial charge on any atom is -0.476 e. The number of hydrogen-bond donors (Lipinski definition) is 2. The van der Waals surface area contributed by atoms with Crippen LogP contribution in [0.1, 0.15) is 58.7 Å². The number of pyridine rings is 2. The van der Waals surface area contributed by atoms with E-state index in [-0.39, 0.29) is 22.4 Å². The molecule has 0 saturated heterocycles. The summed E-state index contributed by atoms with van der Waals surface area (Å²) in [4.78, 5) is 36.0. The van der Waals surface area contributed by atoms with Crippen molar-refractivity contribution in [3.05, 3.63) is 105 Å². The third kappa shape index (κ3) is 4.09. The van der Waals surface area contributed by atoms with Crippen molar-refractivity contribution >= 4 is 40.8 Å². The zero-order valence-electron chi connectivity index (χ0n) is 19.8. The Hall–Kier alpha value is -4.17. The normalized spacial score (nSPS) is 15.5. The third-order valence-corrected chi connectivity index (χ3v) is 6.75. The summed E-state index contributed by atoms with van der Waals surface area (Å²) in [6.07, 6.45) is 3.36. The number of carboxylic acids is 1. The molecular formula is C27H24ClN5O3. The van der Waals surface area contributed by atoms with E-state index in [1.807, 2.05) is 25.1 Å². The largest absolute Gasteiger partial charge is 0.476 e. The highest BCUT2D eigenvalue weighted by molar-refractivity contribution is 6.29. The second-order valence-electron chi connectivity index (χ2n) is 8.78. The average molecular weight is 502 g/mol. The second-order valence-corrected chi connectivity index (χ2v) is 9.17. The molecule has 3 aromatic heterocycles. The molecule has 0 saturated carbocycles. The standard InChI is InChI=1S/C27H24ClN5O3/c1-4-17-11-20(15(2)29-21-9-10-22(28)30-25(21)27(35)36)26-31-23(12-24(34)33(26)13-17)32-14-18-7-5-6-8-19(18)16(32)3/h4-13,15-16,29H,1,14H2,2-3H3,(H,35,36)/t15-,16+/m1/s1. The van der Waals surface area contributed by atoms with Gasteiger partial charge in [0.2, 0.25) is 0 Å². The lowest BCUT2D eigenvalue weighted by atomic mass is 10.1. The highest BCUT2D eigenvalue weighted by atomic mass is 35.5. The van der Waals surface area contributed by atoms with Crippen LogP contribution in [0.3, 0.4) is 0 Å². The van der Waals surface area contributed by atoms with Crippen molar-refractivity contribution in [1.29, 1.82) is 0 Å². The number of benzene rings is 1. The first-order valence-electron chi connectivity index (χ1n) is 11.5. The summed E-state index contributed by atoms with van der Waals surface area (Å²) >= 11 is 5.91. The number of carbonyl (C=O) groups is 1. The summed E-state index contributed by atoms with van der Waals surface area (Å²) in [5, 5.41) is 12.9. The molecule has 8 nitrogen and oxygen atoms in total. The van der Waals surface area contributed by atoms with Gasteiger partial charge < -0.3 is 15.3 Å². The van der Waals surface area contributed by atoms with Gasteiger partial charge in [-0.15, -0.1) is 0 Å². The summed E-state index contributed by atoms with van der Waals surface area (Å²) in [6, 6.07) is 14.4. The fourth-order valence-corrected chi connectivity index (χ4v) is 4.84. The molecule has 0 unspecified atom stereocenters. The quantitative estimate of drug-likeness (QED) is 0.344. The first kappa shape index (κ1) is 23.6. The Balaban J connectivity index is 1.61. The lowest BCUT2D eigenvalue weighted by molar-refractivity contribution is 0.0691. The lowest BCUT2D eigenvalue weighted by Crippen LogP contribution is -2.25. The molecule has 182 valence electrons. The summed E-state index contributed by atoms with van der Waals surface area (Å²) < 4.78 is 1.50. The first-order valence-corrected chi connectivity index (χ1v) is 11.8. The fourth-order valence-electron chi connectivity index (χ4n) is 4.69. The topological polar surface area (TPSA) is 99.8 Å². The molecule has 0 bridgehead atoms. The summed E-state index contributed by atoms with van der Waals surface area (Å²) in [7, 11) is 0. The molecule has 1 aliphatic heterocycles. The van der Waals surface area contributed by atoms with Crippen LogP contribution in [0.5, 0.6) is 0 Å². The number of hydrogen-bond acceptors (Lipinski definition) is 6. The minimum atomic E-state index is -1.20. The fraction of sp³-hybridized carbons (Fsp3) is 0.185. The van der Waals surface area contributed by atoms with Gasteiger partial charge in [-0.2, -0.15) is 0 Å². The molecule has 4 heterocycles. The van der Waals surface area contributed by atoms with E-state index in [9.17, 15) is 14.7 Å². The van der Waals surface area contributed by atoms with Crippen molar-refractivity contribution in [2.24, 2.45) is 0 Å². The van der Waals surface area contributed by atoms with Gasteiger partial charge in [-0.05, 0) is 48.7 Å². The Morgan fingerprint density at radius 1 is 1.25 bits per heavy atom. The lowest BCUT2D eigenvalue weighted by Gasteiger charge is -2.24. The first-order chi connectivity index (χ1) is 17.3. The highest BCUT2D eigenvalue weighted by Crippen LogP contribution is 2.36. The smallest absolute Gasteiger partial charge is 0.356 e. The van der Waals surface area contributed by atoms with Crippen molar-refractivity contribution in [3.63, 3.8) is 0 Å². The van der Waals surface area contributed by atoms with Crippen LogP contribution in [-0.2, 0) is 6.54 Å². The van der Waals surface area contributed by atoms with Gasteiger partial charge in [0.05, 0.1) is 17.8 Å². The van der Waals surface area contributed by atoms with Crippen LogP contribution in [0.25, 0.3) is 11.7 Å². The van der Waals surface area contributed by atoms with Crippen molar-refractivity contribution in [1.82, 2.24) is 14.4 Å². The number of aromatic carboxylic acids is 1. The van der Waals surface area contributed by atoms with Gasteiger partial charge in [-0.25, -0.2) is 14.8 Å². The van der Waals surface area contributed by atoms with Crippen molar-refractivity contribution in [3.8, 4) is 0 Å². The molecule has 0 radical (unpaired) electrons. The maximum Gasteiger partial charge on any atom is 0.356 e. The number of carboxylic acid groups (broad SMARTS) is 1. The van der Waals surface area contributed by atoms with Crippen LogP contribution in [-0.4, -0.2) is 25.4 Å².